The Balaban J connectivity index is 1.70. The van der Waals surface area contributed by atoms with Gasteiger partial charge in [-0.1, -0.05) is 24.3 Å². The summed E-state index contributed by atoms with van der Waals surface area (Å²) in [5, 5.41) is 3.90. The van der Waals surface area contributed by atoms with Gasteiger partial charge in [-0.05, 0) is 30.2 Å². The molecule has 21 heavy (non-hydrogen) atoms. The third-order valence-electron chi connectivity index (χ3n) is 3.30. The van der Waals surface area contributed by atoms with Crippen LogP contribution in [-0.2, 0) is 6.42 Å². The molecule has 0 unspecified atom stereocenters. The first-order chi connectivity index (χ1) is 10.3. The van der Waals surface area contributed by atoms with Gasteiger partial charge in [0.25, 0.3) is 5.91 Å². The molecule has 2 heterocycles. The molecule has 0 saturated heterocycles. The molecule has 1 N–H and O–H groups in total. The van der Waals surface area contributed by atoms with Crippen molar-refractivity contribution in [1.29, 1.82) is 0 Å². The van der Waals surface area contributed by atoms with Crippen LogP contribution in [0.1, 0.15) is 15.9 Å². The summed E-state index contributed by atoms with van der Waals surface area (Å²) < 4.78 is 0. The van der Waals surface area contributed by atoms with Gasteiger partial charge in [0.15, 0.2) is 0 Å². The van der Waals surface area contributed by atoms with Crippen molar-refractivity contribution in [2.45, 2.75) is 6.42 Å². The molecular formula is C17H15N3O. The van der Waals surface area contributed by atoms with E-state index in [0.717, 1.165) is 22.9 Å². The van der Waals surface area contributed by atoms with Gasteiger partial charge in [-0.3, -0.25) is 14.8 Å². The fraction of sp³-hybridized carbons (Fsp3) is 0.118. The molecule has 4 nitrogen and oxygen atoms in total. The van der Waals surface area contributed by atoms with E-state index in [2.05, 4.69) is 15.3 Å². The summed E-state index contributed by atoms with van der Waals surface area (Å²) in [6, 6.07) is 13.3. The number of hydrogen-bond donors (Lipinski definition) is 1. The highest BCUT2D eigenvalue weighted by Crippen LogP contribution is 2.15. The van der Waals surface area contributed by atoms with E-state index in [1.807, 2.05) is 42.6 Å². The molecule has 0 radical (unpaired) electrons. The number of para-hydroxylation sites is 1. The fourth-order valence-corrected chi connectivity index (χ4v) is 2.25. The van der Waals surface area contributed by atoms with Crippen molar-refractivity contribution in [3.63, 3.8) is 0 Å². The summed E-state index contributed by atoms with van der Waals surface area (Å²) in [5.41, 5.74) is 2.45. The molecular weight excluding hydrogens is 262 g/mol. The van der Waals surface area contributed by atoms with E-state index in [4.69, 9.17) is 0 Å². The van der Waals surface area contributed by atoms with Crippen LogP contribution in [0, 0.1) is 0 Å². The van der Waals surface area contributed by atoms with Crippen LogP contribution in [0.2, 0.25) is 0 Å². The number of carbonyl (C=O) groups excluding carboxylic acids is 1. The van der Waals surface area contributed by atoms with Crippen molar-refractivity contribution in [2.24, 2.45) is 0 Å². The van der Waals surface area contributed by atoms with Gasteiger partial charge in [-0.2, -0.15) is 0 Å². The average Bonchev–Trinajstić information content (AvgIpc) is 2.55. The largest absolute Gasteiger partial charge is 0.352 e. The minimum atomic E-state index is -0.0943. The molecule has 0 atom stereocenters. The molecule has 0 aliphatic rings. The SMILES string of the molecule is O=C(NCCc1cccnc1)c1cccc2cccnc12. The van der Waals surface area contributed by atoms with E-state index in [0.29, 0.717) is 12.1 Å². The second-order valence-electron chi connectivity index (χ2n) is 4.75. The van der Waals surface area contributed by atoms with Gasteiger partial charge in [0.05, 0.1) is 11.1 Å². The van der Waals surface area contributed by atoms with Crippen molar-refractivity contribution >= 4 is 16.8 Å². The summed E-state index contributed by atoms with van der Waals surface area (Å²) in [7, 11) is 0. The van der Waals surface area contributed by atoms with Crippen LogP contribution in [0.5, 0.6) is 0 Å². The van der Waals surface area contributed by atoms with E-state index < -0.39 is 0 Å². The Bertz CT molecular complexity index is 751. The van der Waals surface area contributed by atoms with Gasteiger partial charge in [0.1, 0.15) is 0 Å². The number of aromatic nitrogens is 2. The Morgan fingerprint density at radius 2 is 1.90 bits per heavy atom. The van der Waals surface area contributed by atoms with E-state index in [9.17, 15) is 4.79 Å². The molecule has 0 fully saturated rings. The maximum absolute atomic E-state index is 12.3. The summed E-state index contributed by atoms with van der Waals surface area (Å²) in [6.45, 7) is 0.577. The third kappa shape index (κ3) is 3.05. The zero-order valence-electron chi connectivity index (χ0n) is 11.5. The Labute approximate surface area is 122 Å². The lowest BCUT2D eigenvalue weighted by molar-refractivity contribution is 0.0955. The first-order valence-corrected chi connectivity index (χ1v) is 6.85. The predicted octanol–water partition coefficient (Wildman–Crippen LogP) is 2.60. The molecule has 0 bridgehead atoms. The van der Waals surface area contributed by atoms with Gasteiger partial charge in [0, 0.05) is 30.5 Å². The number of hydrogen-bond acceptors (Lipinski definition) is 3. The summed E-state index contributed by atoms with van der Waals surface area (Å²) in [4.78, 5) is 20.6. The number of benzene rings is 1. The quantitative estimate of drug-likeness (QED) is 0.797. The van der Waals surface area contributed by atoms with Crippen molar-refractivity contribution in [3.8, 4) is 0 Å². The molecule has 0 aliphatic carbocycles. The summed E-state index contributed by atoms with van der Waals surface area (Å²) in [6.07, 6.45) is 6.02. The topological polar surface area (TPSA) is 54.9 Å². The van der Waals surface area contributed by atoms with Gasteiger partial charge < -0.3 is 5.32 Å². The van der Waals surface area contributed by atoms with Gasteiger partial charge in [-0.25, -0.2) is 0 Å². The number of amides is 1. The Kier molecular flexibility index (Phi) is 3.87. The van der Waals surface area contributed by atoms with E-state index in [-0.39, 0.29) is 5.91 Å². The monoisotopic (exact) mass is 277 g/mol. The number of fused-ring (bicyclic) bond motifs is 1. The van der Waals surface area contributed by atoms with E-state index >= 15 is 0 Å². The average molecular weight is 277 g/mol. The second kappa shape index (κ2) is 6.13. The van der Waals surface area contributed by atoms with Crippen molar-refractivity contribution in [1.82, 2.24) is 15.3 Å². The number of nitrogens with one attached hydrogen (secondary N) is 1. The Morgan fingerprint density at radius 3 is 2.76 bits per heavy atom. The number of rotatable bonds is 4. The first kappa shape index (κ1) is 13.2. The van der Waals surface area contributed by atoms with Crippen molar-refractivity contribution in [3.05, 3.63) is 72.2 Å². The zero-order chi connectivity index (χ0) is 14.5. The molecule has 0 saturated carbocycles. The van der Waals surface area contributed by atoms with Gasteiger partial charge >= 0.3 is 0 Å². The molecule has 0 spiro atoms. The van der Waals surface area contributed by atoms with E-state index in [1.165, 1.54) is 0 Å². The normalized spacial score (nSPS) is 10.5. The predicted molar refractivity (Wildman–Crippen MR) is 82.0 cm³/mol. The molecule has 4 heteroatoms. The van der Waals surface area contributed by atoms with Crippen LogP contribution < -0.4 is 5.32 Å². The minimum absolute atomic E-state index is 0.0943. The summed E-state index contributed by atoms with van der Waals surface area (Å²) >= 11 is 0. The molecule has 3 aromatic rings. The Hall–Kier alpha value is -2.75. The van der Waals surface area contributed by atoms with Crippen LogP contribution in [0.15, 0.2) is 61.1 Å². The number of carbonyl (C=O) groups is 1. The van der Waals surface area contributed by atoms with Gasteiger partial charge in [-0.15, -0.1) is 0 Å². The zero-order valence-corrected chi connectivity index (χ0v) is 11.5. The fourth-order valence-electron chi connectivity index (χ4n) is 2.25. The molecule has 3 rings (SSSR count). The third-order valence-corrected chi connectivity index (χ3v) is 3.30. The standard InChI is InChI=1S/C17H15N3O/c21-17(20-11-8-13-4-2-9-18-12-13)15-7-1-5-14-6-3-10-19-16(14)15/h1-7,9-10,12H,8,11H2,(H,20,21). The van der Waals surface area contributed by atoms with Gasteiger partial charge in [0.2, 0.25) is 0 Å². The summed E-state index contributed by atoms with van der Waals surface area (Å²) in [5.74, 6) is -0.0943. The molecule has 0 aliphatic heterocycles. The molecule has 2 aromatic heterocycles. The van der Waals surface area contributed by atoms with Crippen molar-refractivity contribution in [2.75, 3.05) is 6.54 Å². The van der Waals surface area contributed by atoms with Crippen molar-refractivity contribution < 1.29 is 4.79 Å². The molecule has 104 valence electrons. The Morgan fingerprint density at radius 1 is 1.05 bits per heavy atom. The van der Waals surface area contributed by atoms with Crippen LogP contribution in [0.4, 0.5) is 0 Å². The first-order valence-electron chi connectivity index (χ1n) is 6.85. The molecule has 1 aromatic carbocycles. The second-order valence-corrected chi connectivity index (χ2v) is 4.75. The molecule has 1 amide bonds. The lowest BCUT2D eigenvalue weighted by Gasteiger charge is -2.07. The van der Waals surface area contributed by atoms with Crippen LogP contribution in [0.3, 0.4) is 0 Å². The smallest absolute Gasteiger partial charge is 0.253 e. The highest BCUT2D eigenvalue weighted by molar-refractivity contribution is 6.05. The maximum Gasteiger partial charge on any atom is 0.253 e. The van der Waals surface area contributed by atoms with Crippen LogP contribution in [-0.4, -0.2) is 22.4 Å². The number of pyridine rings is 2. The maximum atomic E-state index is 12.3. The lowest BCUT2D eigenvalue weighted by atomic mass is 10.1. The van der Waals surface area contributed by atoms with Crippen LogP contribution >= 0.6 is 0 Å². The van der Waals surface area contributed by atoms with E-state index in [1.54, 1.807) is 18.5 Å². The lowest BCUT2D eigenvalue weighted by Crippen LogP contribution is -2.26. The minimum Gasteiger partial charge on any atom is -0.352 e. The van der Waals surface area contributed by atoms with Crippen LogP contribution in [0.25, 0.3) is 10.9 Å². The highest BCUT2D eigenvalue weighted by Gasteiger charge is 2.09. The highest BCUT2D eigenvalue weighted by atomic mass is 16.1. The number of nitrogens with zero attached hydrogens (tertiary/aromatic N) is 2.